The van der Waals surface area contributed by atoms with Gasteiger partial charge in [0.25, 0.3) is 5.91 Å². The first-order valence-corrected chi connectivity index (χ1v) is 10.7. The standard InChI is InChI=1S/C25H25ClN2O4/c1-3-28(23-10-6-8-18-7-4-5-9-21(18)23)24(30)16-32-25(31)15-22(27-17(2)29)19-11-13-20(26)14-12-19/h4-14,22H,3,15-16H2,1-2H3,(H,27,29). The molecule has 0 aliphatic heterocycles. The number of esters is 1. The molecule has 0 heterocycles. The summed E-state index contributed by atoms with van der Waals surface area (Å²) in [5.41, 5.74) is 1.49. The second kappa shape index (κ2) is 10.8. The maximum absolute atomic E-state index is 12.9. The van der Waals surface area contributed by atoms with Crippen LogP contribution in [0.4, 0.5) is 5.69 Å². The molecular formula is C25H25ClN2O4. The Bertz CT molecular complexity index is 1110. The number of ether oxygens (including phenoxy) is 1. The molecule has 0 aliphatic carbocycles. The third kappa shape index (κ3) is 5.86. The van der Waals surface area contributed by atoms with Gasteiger partial charge in [0.1, 0.15) is 0 Å². The summed E-state index contributed by atoms with van der Waals surface area (Å²) in [6, 6.07) is 19.8. The minimum Gasteiger partial charge on any atom is -0.455 e. The number of benzene rings is 3. The Kier molecular flexibility index (Phi) is 7.84. The molecule has 3 aromatic rings. The zero-order valence-corrected chi connectivity index (χ0v) is 18.8. The normalized spacial score (nSPS) is 11.6. The van der Waals surface area contributed by atoms with Crippen molar-refractivity contribution in [2.24, 2.45) is 0 Å². The second-order valence-corrected chi connectivity index (χ2v) is 7.74. The predicted octanol–water partition coefficient (Wildman–Crippen LogP) is 4.66. The molecule has 0 saturated carbocycles. The summed E-state index contributed by atoms with van der Waals surface area (Å²) in [5.74, 6) is -1.18. The maximum atomic E-state index is 12.9. The van der Waals surface area contributed by atoms with Crippen molar-refractivity contribution in [3.63, 3.8) is 0 Å². The lowest BCUT2D eigenvalue weighted by Gasteiger charge is -2.23. The van der Waals surface area contributed by atoms with Gasteiger partial charge in [0.05, 0.1) is 18.2 Å². The van der Waals surface area contributed by atoms with Crippen LogP contribution < -0.4 is 10.2 Å². The van der Waals surface area contributed by atoms with Crippen LogP contribution in [-0.4, -0.2) is 30.9 Å². The van der Waals surface area contributed by atoms with Gasteiger partial charge in [0.15, 0.2) is 6.61 Å². The van der Waals surface area contributed by atoms with Gasteiger partial charge >= 0.3 is 5.97 Å². The Morgan fingerprint density at radius 1 is 1.00 bits per heavy atom. The van der Waals surface area contributed by atoms with Crippen molar-refractivity contribution in [2.45, 2.75) is 26.3 Å². The van der Waals surface area contributed by atoms with Crippen molar-refractivity contribution < 1.29 is 19.1 Å². The average molecular weight is 453 g/mol. The quantitative estimate of drug-likeness (QED) is 0.504. The minimum absolute atomic E-state index is 0.102. The number of carbonyl (C=O) groups excluding carboxylic acids is 3. The topological polar surface area (TPSA) is 75.7 Å². The van der Waals surface area contributed by atoms with Crippen molar-refractivity contribution in [2.75, 3.05) is 18.1 Å². The smallest absolute Gasteiger partial charge is 0.308 e. The zero-order valence-electron chi connectivity index (χ0n) is 18.0. The van der Waals surface area contributed by atoms with E-state index in [0.717, 1.165) is 22.0 Å². The SMILES string of the molecule is CCN(C(=O)COC(=O)CC(NC(C)=O)c1ccc(Cl)cc1)c1cccc2ccccc12. The van der Waals surface area contributed by atoms with E-state index in [9.17, 15) is 14.4 Å². The van der Waals surface area contributed by atoms with Gasteiger partial charge in [-0.3, -0.25) is 14.4 Å². The number of carbonyl (C=O) groups is 3. The van der Waals surface area contributed by atoms with E-state index >= 15 is 0 Å². The summed E-state index contributed by atoms with van der Waals surface area (Å²) in [7, 11) is 0. The van der Waals surface area contributed by atoms with Crippen LogP contribution in [0.15, 0.2) is 66.7 Å². The van der Waals surface area contributed by atoms with Crippen LogP contribution in [0.25, 0.3) is 10.8 Å². The Hall–Kier alpha value is -3.38. The molecule has 2 amide bonds. The van der Waals surface area contributed by atoms with Crippen molar-refractivity contribution in [3.05, 3.63) is 77.3 Å². The summed E-state index contributed by atoms with van der Waals surface area (Å²) in [4.78, 5) is 38.5. The van der Waals surface area contributed by atoms with Gasteiger partial charge in [-0.25, -0.2) is 0 Å². The van der Waals surface area contributed by atoms with Gasteiger partial charge in [0.2, 0.25) is 5.91 Å². The molecule has 1 atom stereocenters. The summed E-state index contributed by atoms with van der Waals surface area (Å²) >= 11 is 5.92. The van der Waals surface area contributed by atoms with Crippen LogP contribution in [0.3, 0.4) is 0 Å². The molecule has 166 valence electrons. The van der Waals surface area contributed by atoms with E-state index < -0.39 is 12.0 Å². The fraction of sp³-hybridized carbons (Fsp3) is 0.240. The number of nitrogens with zero attached hydrogens (tertiary/aromatic N) is 1. The molecule has 0 fully saturated rings. The number of likely N-dealkylation sites (N-methyl/N-ethyl adjacent to an activating group) is 1. The molecule has 0 aromatic heterocycles. The predicted molar refractivity (Wildman–Crippen MR) is 126 cm³/mol. The molecule has 6 nitrogen and oxygen atoms in total. The highest BCUT2D eigenvalue weighted by atomic mass is 35.5. The van der Waals surface area contributed by atoms with Crippen LogP contribution in [0.2, 0.25) is 5.02 Å². The first-order valence-electron chi connectivity index (χ1n) is 10.4. The fourth-order valence-electron chi connectivity index (χ4n) is 3.56. The molecule has 7 heteroatoms. The highest BCUT2D eigenvalue weighted by Gasteiger charge is 2.21. The average Bonchev–Trinajstić information content (AvgIpc) is 2.78. The molecule has 0 radical (unpaired) electrons. The number of fused-ring (bicyclic) bond motifs is 1. The van der Waals surface area contributed by atoms with Gasteiger partial charge in [0, 0.05) is 23.9 Å². The van der Waals surface area contributed by atoms with Crippen LogP contribution in [0.5, 0.6) is 0 Å². The van der Waals surface area contributed by atoms with Crippen LogP contribution in [0, 0.1) is 0 Å². The molecule has 3 rings (SSSR count). The van der Waals surface area contributed by atoms with Crippen molar-refractivity contribution in [1.82, 2.24) is 5.32 Å². The highest BCUT2D eigenvalue weighted by molar-refractivity contribution is 6.30. The lowest BCUT2D eigenvalue weighted by molar-refractivity contribution is -0.148. The zero-order chi connectivity index (χ0) is 23.1. The Balaban J connectivity index is 1.67. The molecule has 1 N–H and O–H groups in total. The van der Waals surface area contributed by atoms with E-state index in [1.807, 2.05) is 49.4 Å². The molecule has 0 saturated heterocycles. The fourth-order valence-corrected chi connectivity index (χ4v) is 3.69. The molecule has 0 bridgehead atoms. The summed E-state index contributed by atoms with van der Waals surface area (Å²) in [6.07, 6.45) is -0.102. The van der Waals surface area contributed by atoms with E-state index in [0.29, 0.717) is 11.6 Å². The van der Waals surface area contributed by atoms with E-state index in [4.69, 9.17) is 16.3 Å². The maximum Gasteiger partial charge on any atom is 0.308 e. The molecular weight excluding hydrogens is 428 g/mol. The Labute approximate surface area is 192 Å². The minimum atomic E-state index is -0.582. The van der Waals surface area contributed by atoms with E-state index in [1.54, 1.807) is 29.2 Å². The number of anilines is 1. The van der Waals surface area contributed by atoms with E-state index in [1.165, 1.54) is 6.92 Å². The molecule has 1 unspecified atom stereocenters. The first-order chi connectivity index (χ1) is 15.4. The molecule has 32 heavy (non-hydrogen) atoms. The number of halogens is 1. The van der Waals surface area contributed by atoms with Crippen LogP contribution in [-0.2, 0) is 19.1 Å². The van der Waals surface area contributed by atoms with E-state index in [-0.39, 0.29) is 24.8 Å². The number of nitrogens with one attached hydrogen (secondary N) is 1. The summed E-state index contributed by atoms with van der Waals surface area (Å²) in [5, 5.41) is 5.26. The van der Waals surface area contributed by atoms with Gasteiger partial charge < -0.3 is 15.0 Å². The highest BCUT2D eigenvalue weighted by Crippen LogP contribution is 2.27. The van der Waals surface area contributed by atoms with Gasteiger partial charge in [-0.05, 0) is 36.1 Å². The molecule has 0 spiro atoms. The van der Waals surface area contributed by atoms with Gasteiger partial charge in [-0.2, -0.15) is 0 Å². The third-order valence-electron chi connectivity index (χ3n) is 5.05. The van der Waals surface area contributed by atoms with E-state index in [2.05, 4.69) is 5.32 Å². The third-order valence-corrected chi connectivity index (χ3v) is 5.30. The van der Waals surface area contributed by atoms with Gasteiger partial charge in [-0.1, -0.05) is 60.1 Å². The number of amides is 2. The van der Waals surface area contributed by atoms with Crippen LogP contribution >= 0.6 is 11.6 Å². The molecule has 3 aromatic carbocycles. The van der Waals surface area contributed by atoms with Crippen molar-refractivity contribution in [3.8, 4) is 0 Å². The molecule has 0 aliphatic rings. The lowest BCUT2D eigenvalue weighted by atomic mass is 10.0. The summed E-state index contributed by atoms with van der Waals surface area (Å²) < 4.78 is 5.27. The van der Waals surface area contributed by atoms with Crippen LogP contribution in [0.1, 0.15) is 31.9 Å². The Morgan fingerprint density at radius 3 is 2.38 bits per heavy atom. The second-order valence-electron chi connectivity index (χ2n) is 7.31. The summed E-state index contributed by atoms with van der Waals surface area (Å²) in [6.45, 7) is 3.29. The number of hydrogen-bond acceptors (Lipinski definition) is 4. The van der Waals surface area contributed by atoms with Crippen molar-refractivity contribution in [1.29, 1.82) is 0 Å². The monoisotopic (exact) mass is 452 g/mol. The van der Waals surface area contributed by atoms with Crippen molar-refractivity contribution >= 4 is 45.8 Å². The van der Waals surface area contributed by atoms with Gasteiger partial charge in [-0.15, -0.1) is 0 Å². The number of rotatable bonds is 8. The lowest BCUT2D eigenvalue weighted by Crippen LogP contribution is -2.35. The Morgan fingerprint density at radius 2 is 1.69 bits per heavy atom. The largest absolute Gasteiger partial charge is 0.455 e. The number of hydrogen-bond donors (Lipinski definition) is 1. The first kappa shape index (κ1) is 23.3.